The van der Waals surface area contributed by atoms with Crippen LogP contribution in [0.1, 0.15) is 48.2 Å². The van der Waals surface area contributed by atoms with Crippen LogP contribution in [0.3, 0.4) is 0 Å². The molecular weight excluding hydrogens is 913 g/mol. The van der Waals surface area contributed by atoms with E-state index >= 15 is 0 Å². The predicted molar refractivity (Wildman–Crippen MR) is 285 cm³/mol. The largest absolute Gasteiger partial charge is 0.396 e. The number of nitrogens with zero attached hydrogens (tertiary/aromatic N) is 8. The van der Waals surface area contributed by atoms with Gasteiger partial charge in [-0.25, -0.2) is 19.9 Å². The van der Waals surface area contributed by atoms with E-state index in [2.05, 4.69) is 73.0 Å². The normalized spacial score (nSPS) is 13.4. The van der Waals surface area contributed by atoms with Crippen molar-refractivity contribution in [1.82, 2.24) is 39.9 Å². The summed E-state index contributed by atoms with van der Waals surface area (Å²) in [5, 5.41) is 28.1. The first-order valence-corrected chi connectivity index (χ1v) is 24.2. The van der Waals surface area contributed by atoms with Crippen molar-refractivity contribution in [3.8, 4) is 45.0 Å². The van der Waals surface area contributed by atoms with Gasteiger partial charge in [0.1, 0.15) is 11.6 Å². The van der Waals surface area contributed by atoms with E-state index in [1.165, 1.54) is 0 Å². The first-order valence-electron chi connectivity index (χ1n) is 24.2. The van der Waals surface area contributed by atoms with Crippen LogP contribution in [0.15, 0.2) is 183 Å². The van der Waals surface area contributed by atoms with Crippen molar-refractivity contribution in [2.24, 2.45) is 0 Å². The molecule has 0 aliphatic carbocycles. The Hall–Kier alpha value is -8.40. The Balaban J connectivity index is 0.000000168. The molecule has 11 rings (SSSR count). The molecule has 14 nitrogen and oxygen atoms in total. The molecule has 6 aromatic heterocycles. The average molecular weight is 967 g/mol. The predicted octanol–water partition coefficient (Wildman–Crippen LogP) is 10.7. The van der Waals surface area contributed by atoms with Crippen LogP contribution in [0.25, 0.3) is 66.8 Å². The molecular formula is C59H54N10O4. The molecule has 1 aliphatic rings. The lowest BCUT2D eigenvalue weighted by Gasteiger charge is -2.35. The molecule has 73 heavy (non-hydrogen) atoms. The lowest BCUT2D eigenvalue weighted by atomic mass is 9.99. The SMILES string of the molecule is CC1(C)OCC(c2cncc(-c3nc(NCc4ccccn4)c4c(-c5ccccc5)cccc4n3)c2)CO1.OCC(CO)c1cncc(-c2nc(NCc3ccccn3)c3c(-c4ccccc4)cccc3n2)c1. The Bertz CT molecular complexity index is 3430. The molecule has 1 aliphatic heterocycles. The molecule has 7 heterocycles. The smallest absolute Gasteiger partial charge is 0.163 e. The third-order valence-electron chi connectivity index (χ3n) is 12.6. The highest BCUT2D eigenvalue weighted by Crippen LogP contribution is 2.37. The monoisotopic (exact) mass is 966 g/mol. The molecule has 4 aromatic carbocycles. The number of aliphatic hydroxyl groups is 2. The topological polar surface area (TPSA) is 186 Å². The third-order valence-corrected chi connectivity index (χ3v) is 12.6. The first-order chi connectivity index (χ1) is 35.8. The molecule has 10 aromatic rings. The number of nitrogens with one attached hydrogen (secondary N) is 2. The van der Waals surface area contributed by atoms with Crippen molar-refractivity contribution < 1.29 is 19.7 Å². The summed E-state index contributed by atoms with van der Waals surface area (Å²) in [4.78, 5) is 37.5. The number of benzene rings is 4. The molecule has 364 valence electrons. The Morgan fingerprint density at radius 1 is 0.534 bits per heavy atom. The number of hydrogen-bond acceptors (Lipinski definition) is 14. The van der Waals surface area contributed by atoms with Crippen molar-refractivity contribution in [3.63, 3.8) is 0 Å². The second kappa shape index (κ2) is 22.4. The fourth-order valence-corrected chi connectivity index (χ4v) is 8.71. The van der Waals surface area contributed by atoms with Gasteiger partial charge in [-0.1, -0.05) is 97.1 Å². The van der Waals surface area contributed by atoms with Crippen molar-refractivity contribution in [1.29, 1.82) is 0 Å². The number of aromatic nitrogens is 8. The van der Waals surface area contributed by atoms with Gasteiger partial charge in [-0.2, -0.15) is 0 Å². The third kappa shape index (κ3) is 11.4. The van der Waals surface area contributed by atoms with Gasteiger partial charge >= 0.3 is 0 Å². The Morgan fingerprint density at radius 2 is 1.03 bits per heavy atom. The van der Waals surface area contributed by atoms with Gasteiger partial charge in [-0.3, -0.25) is 19.9 Å². The number of anilines is 2. The van der Waals surface area contributed by atoms with E-state index in [9.17, 15) is 10.2 Å². The number of pyridine rings is 4. The Kier molecular flexibility index (Phi) is 14.8. The highest BCUT2D eigenvalue weighted by atomic mass is 16.7. The molecule has 0 spiro atoms. The highest BCUT2D eigenvalue weighted by molar-refractivity contribution is 6.03. The van der Waals surface area contributed by atoms with Gasteiger partial charge in [0.05, 0.1) is 72.7 Å². The summed E-state index contributed by atoms with van der Waals surface area (Å²) < 4.78 is 11.8. The summed E-state index contributed by atoms with van der Waals surface area (Å²) in [6, 6.07) is 48.4. The van der Waals surface area contributed by atoms with Crippen LogP contribution >= 0.6 is 0 Å². The molecule has 1 saturated heterocycles. The molecule has 14 heteroatoms. The van der Waals surface area contributed by atoms with Gasteiger partial charge in [0.15, 0.2) is 17.4 Å². The second-order valence-corrected chi connectivity index (χ2v) is 18.1. The van der Waals surface area contributed by atoms with Gasteiger partial charge in [0.25, 0.3) is 0 Å². The molecule has 0 radical (unpaired) electrons. The van der Waals surface area contributed by atoms with Crippen LogP contribution in [-0.4, -0.2) is 82.3 Å². The zero-order valence-electron chi connectivity index (χ0n) is 40.5. The standard InChI is InChI=1S/C31H29N5O2.C28H25N5O2/c1-31(2)37-19-24(20-38-31)22-15-23(17-32-16-22)29-35-27-13-8-12-26(21-9-4-3-5-10-21)28(27)30(36-29)34-18-25-11-6-7-14-33-25;34-17-22(18-35)20-13-21(15-29-14-20)27-32-25-11-6-10-24(19-7-2-1-3-8-19)26(25)28(33-27)31-16-23-9-4-5-12-30-23/h3-17,24H,18-20H2,1-2H3,(H,34,35,36);1-15,22,34-35H,16-18H2,(H,31,32,33). The van der Waals surface area contributed by atoms with Crippen molar-refractivity contribution in [3.05, 3.63) is 205 Å². The van der Waals surface area contributed by atoms with Crippen LogP contribution in [0.4, 0.5) is 11.6 Å². The lowest BCUT2D eigenvalue weighted by molar-refractivity contribution is -0.251. The summed E-state index contributed by atoms with van der Waals surface area (Å²) in [7, 11) is 0. The van der Waals surface area contributed by atoms with E-state index in [0.717, 1.165) is 78.0 Å². The van der Waals surface area contributed by atoms with Crippen LogP contribution in [-0.2, 0) is 22.6 Å². The zero-order valence-corrected chi connectivity index (χ0v) is 40.5. The Morgan fingerprint density at radius 3 is 1.52 bits per heavy atom. The van der Waals surface area contributed by atoms with Gasteiger partial charge in [-0.15, -0.1) is 0 Å². The Labute approximate surface area is 423 Å². The van der Waals surface area contributed by atoms with Crippen LogP contribution in [0.2, 0.25) is 0 Å². The van der Waals surface area contributed by atoms with E-state index in [1.54, 1.807) is 24.8 Å². The minimum atomic E-state index is -0.562. The maximum Gasteiger partial charge on any atom is 0.163 e. The molecule has 0 saturated carbocycles. The van der Waals surface area contributed by atoms with E-state index in [0.29, 0.717) is 49.3 Å². The lowest BCUT2D eigenvalue weighted by Crippen LogP contribution is -2.38. The van der Waals surface area contributed by atoms with Gasteiger partial charge in [-0.05, 0) is 95.8 Å². The van der Waals surface area contributed by atoms with Crippen LogP contribution < -0.4 is 10.6 Å². The summed E-state index contributed by atoms with van der Waals surface area (Å²) in [6.45, 7) is 5.73. The summed E-state index contributed by atoms with van der Waals surface area (Å²) in [5.41, 5.74) is 11.1. The summed E-state index contributed by atoms with van der Waals surface area (Å²) in [5.74, 6) is 1.70. The molecule has 0 bridgehead atoms. The van der Waals surface area contributed by atoms with Crippen LogP contribution in [0.5, 0.6) is 0 Å². The zero-order chi connectivity index (χ0) is 50.0. The van der Waals surface area contributed by atoms with E-state index < -0.39 is 11.7 Å². The maximum absolute atomic E-state index is 9.61. The van der Waals surface area contributed by atoms with Gasteiger partial charge in [0, 0.05) is 60.1 Å². The average Bonchev–Trinajstić information content (AvgIpc) is 3.45. The molecule has 4 N–H and O–H groups in total. The van der Waals surface area contributed by atoms with Crippen molar-refractivity contribution >= 4 is 33.4 Å². The van der Waals surface area contributed by atoms with E-state index in [1.807, 2.05) is 129 Å². The molecule has 0 unspecified atom stereocenters. The number of fused-ring (bicyclic) bond motifs is 2. The number of ether oxygens (including phenoxy) is 2. The fourth-order valence-electron chi connectivity index (χ4n) is 8.71. The number of aliphatic hydroxyl groups excluding tert-OH is 2. The number of rotatable bonds is 14. The van der Waals surface area contributed by atoms with E-state index in [-0.39, 0.29) is 19.1 Å². The maximum atomic E-state index is 9.61. The fraction of sp³-hybridized carbons (Fsp3) is 0.186. The van der Waals surface area contributed by atoms with E-state index in [4.69, 9.17) is 29.4 Å². The van der Waals surface area contributed by atoms with Gasteiger partial charge in [0.2, 0.25) is 0 Å². The first kappa shape index (κ1) is 48.2. The molecule has 0 atom stereocenters. The minimum Gasteiger partial charge on any atom is -0.396 e. The second-order valence-electron chi connectivity index (χ2n) is 18.1. The number of hydrogen-bond donors (Lipinski definition) is 4. The minimum absolute atomic E-state index is 0.0994. The highest BCUT2D eigenvalue weighted by Gasteiger charge is 2.30. The molecule has 1 fully saturated rings. The summed E-state index contributed by atoms with van der Waals surface area (Å²) >= 11 is 0. The quantitative estimate of drug-likeness (QED) is 0.0806. The van der Waals surface area contributed by atoms with Gasteiger partial charge < -0.3 is 30.3 Å². The summed E-state index contributed by atoms with van der Waals surface area (Å²) in [6.07, 6.45) is 10.6. The van der Waals surface area contributed by atoms with Crippen molar-refractivity contribution in [2.75, 3.05) is 37.1 Å². The van der Waals surface area contributed by atoms with Crippen molar-refractivity contribution in [2.45, 2.75) is 44.6 Å². The van der Waals surface area contributed by atoms with Crippen LogP contribution in [0, 0.1) is 0 Å². The molecule has 0 amide bonds.